The average molecular weight is 176 g/mol. The monoisotopic (exact) mass is 176 g/mol. The maximum Gasteiger partial charge on any atom is -0.0151 e. The molecule has 0 aliphatic heterocycles. The summed E-state index contributed by atoms with van der Waals surface area (Å²) >= 11 is 0. The fourth-order valence-electron chi connectivity index (χ4n) is 1.20. The van der Waals surface area contributed by atoms with Crippen LogP contribution in [0.1, 0.15) is 34.1 Å². The summed E-state index contributed by atoms with van der Waals surface area (Å²) < 4.78 is 0. The van der Waals surface area contributed by atoms with Crippen molar-refractivity contribution in [3.8, 4) is 0 Å². The third kappa shape index (κ3) is 3.45. The van der Waals surface area contributed by atoms with Crippen LogP contribution < -0.4 is 10.4 Å². The van der Waals surface area contributed by atoms with Crippen LogP contribution in [0, 0.1) is 0 Å². The van der Waals surface area contributed by atoms with Gasteiger partial charge in [-0.3, -0.25) is 0 Å². The van der Waals surface area contributed by atoms with Crippen LogP contribution in [-0.2, 0) is 0 Å². The molecule has 72 valence electrons. The lowest BCUT2D eigenvalue weighted by Gasteiger charge is -1.79. The Balaban J connectivity index is 0.000000322. The molecule has 0 fully saturated rings. The molecule has 1 aliphatic carbocycles. The Morgan fingerprint density at radius 1 is 0.769 bits per heavy atom. The molecule has 2 rings (SSSR count). The van der Waals surface area contributed by atoms with Gasteiger partial charge in [0.05, 0.1) is 0 Å². The van der Waals surface area contributed by atoms with Crippen molar-refractivity contribution in [2.24, 2.45) is 0 Å². The smallest absolute Gasteiger partial charge is 0.0151 e. The number of fused-ring (bicyclic) bond motifs is 1. The Labute approximate surface area is 81.6 Å². The molecule has 0 radical (unpaired) electrons. The predicted molar refractivity (Wildman–Crippen MR) is 61.9 cm³/mol. The van der Waals surface area contributed by atoms with Gasteiger partial charge in [-0.25, -0.2) is 0 Å². The average Bonchev–Trinajstić information content (AvgIpc) is 2.71. The van der Waals surface area contributed by atoms with Crippen LogP contribution in [0.5, 0.6) is 0 Å². The highest BCUT2D eigenvalue weighted by Crippen LogP contribution is 1.87. The van der Waals surface area contributed by atoms with E-state index in [9.17, 15) is 0 Å². The van der Waals surface area contributed by atoms with Crippen LogP contribution in [0.15, 0.2) is 24.3 Å². The lowest BCUT2D eigenvalue weighted by atomic mass is 10.3. The second-order valence-electron chi connectivity index (χ2n) is 2.27. The molecule has 0 amide bonds. The third-order valence-electron chi connectivity index (χ3n) is 1.67. The van der Waals surface area contributed by atoms with Gasteiger partial charge in [0.25, 0.3) is 0 Å². The predicted octanol–water partition coefficient (Wildman–Crippen LogP) is 2.70. The van der Waals surface area contributed by atoms with Gasteiger partial charge in [0.1, 0.15) is 0 Å². The first-order valence-electron chi connectivity index (χ1n) is 5.22. The molecule has 1 aliphatic rings. The van der Waals surface area contributed by atoms with Crippen molar-refractivity contribution in [3.05, 3.63) is 34.7 Å². The molecule has 0 saturated heterocycles. The summed E-state index contributed by atoms with van der Waals surface area (Å²) in [5.74, 6) is 0. The third-order valence-corrected chi connectivity index (χ3v) is 1.67. The Morgan fingerprint density at radius 2 is 1.15 bits per heavy atom. The van der Waals surface area contributed by atoms with Gasteiger partial charge in [0.2, 0.25) is 0 Å². The van der Waals surface area contributed by atoms with Gasteiger partial charge in [0.15, 0.2) is 0 Å². The summed E-state index contributed by atoms with van der Waals surface area (Å²) in [6.45, 7) is 8.00. The van der Waals surface area contributed by atoms with Crippen molar-refractivity contribution in [1.29, 1.82) is 0 Å². The minimum absolute atomic E-state index is 1.11. The van der Waals surface area contributed by atoms with E-state index in [1.165, 1.54) is 10.4 Å². The molecule has 0 spiro atoms. The topological polar surface area (TPSA) is 0 Å². The van der Waals surface area contributed by atoms with Gasteiger partial charge in [-0.05, 0) is 16.9 Å². The van der Waals surface area contributed by atoms with E-state index in [2.05, 4.69) is 36.4 Å². The van der Waals surface area contributed by atoms with E-state index in [0.29, 0.717) is 0 Å². The Bertz CT molecular complexity index is 287. The molecule has 0 heterocycles. The molecule has 0 aromatic heterocycles. The summed E-state index contributed by atoms with van der Waals surface area (Å²) in [6.07, 6.45) is 5.60. The van der Waals surface area contributed by atoms with E-state index in [0.717, 1.165) is 6.42 Å². The molecule has 0 heteroatoms. The Kier molecular flexibility index (Phi) is 6.99. The highest BCUT2D eigenvalue weighted by molar-refractivity contribution is 5.45. The summed E-state index contributed by atoms with van der Waals surface area (Å²) in [6, 6.07) is 8.46. The van der Waals surface area contributed by atoms with Crippen LogP contribution in [0.2, 0.25) is 0 Å². The zero-order valence-corrected chi connectivity index (χ0v) is 9.17. The molecule has 0 nitrogen and oxygen atoms in total. The van der Waals surface area contributed by atoms with Crippen LogP contribution >= 0.6 is 0 Å². The van der Waals surface area contributed by atoms with Gasteiger partial charge >= 0.3 is 0 Å². The molecule has 0 unspecified atom stereocenters. The van der Waals surface area contributed by atoms with E-state index >= 15 is 0 Å². The SMILES string of the molecule is C1=c2ccccc2=CC1.CC.CC. The lowest BCUT2D eigenvalue weighted by molar-refractivity contribution is 1.50. The maximum atomic E-state index is 2.25. The largest absolute Gasteiger partial charge is 0.0729 e. The zero-order chi connectivity index (χ0) is 10.1. The normalized spacial score (nSPS) is 10.5. The number of hydrogen-bond acceptors (Lipinski definition) is 0. The first kappa shape index (κ1) is 12.0. The Morgan fingerprint density at radius 3 is 1.54 bits per heavy atom. The maximum absolute atomic E-state index is 2.25. The van der Waals surface area contributed by atoms with E-state index in [4.69, 9.17) is 0 Å². The minimum Gasteiger partial charge on any atom is -0.0729 e. The van der Waals surface area contributed by atoms with Crippen LogP contribution in [0.3, 0.4) is 0 Å². The lowest BCUT2D eigenvalue weighted by Crippen LogP contribution is -2.19. The second-order valence-corrected chi connectivity index (χ2v) is 2.27. The first-order chi connectivity index (χ1) is 6.47. The highest BCUT2D eigenvalue weighted by Gasteiger charge is 1.87. The van der Waals surface area contributed by atoms with Crippen molar-refractivity contribution >= 4 is 12.2 Å². The van der Waals surface area contributed by atoms with Gasteiger partial charge in [0, 0.05) is 0 Å². The summed E-state index contributed by atoms with van der Waals surface area (Å²) in [7, 11) is 0. The van der Waals surface area contributed by atoms with E-state index < -0.39 is 0 Å². The van der Waals surface area contributed by atoms with Crippen LogP contribution in [0.25, 0.3) is 12.2 Å². The first-order valence-corrected chi connectivity index (χ1v) is 5.22. The number of hydrogen-bond donors (Lipinski definition) is 0. The molecule has 0 atom stereocenters. The number of rotatable bonds is 0. The highest BCUT2D eigenvalue weighted by atomic mass is 13.9. The fraction of sp³-hybridized carbons (Fsp3) is 0.385. The van der Waals surface area contributed by atoms with Crippen molar-refractivity contribution in [2.45, 2.75) is 34.1 Å². The van der Waals surface area contributed by atoms with E-state index in [1.807, 2.05) is 27.7 Å². The quantitative estimate of drug-likeness (QED) is 0.570. The molecular weight excluding hydrogens is 156 g/mol. The molecular formula is C13H20. The van der Waals surface area contributed by atoms with Crippen LogP contribution in [-0.4, -0.2) is 0 Å². The number of benzene rings is 1. The molecule has 0 bridgehead atoms. The van der Waals surface area contributed by atoms with E-state index in [-0.39, 0.29) is 0 Å². The summed E-state index contributed by atoms with van der Waals surface area (Å²) in [4.78, 5) is 0. The van der Waals surface area contributed by atoms with Gasteiger partial charge < -0.3 is 0 Å². The van der Waals surface area contributed by atoms with Gasteiger partial charge in [-0.2, -0.15) is 0 Å². The van der Waals surface area contributed by atoms with Crippen LogP contribution in [0.4, 0.5) is 0 Å². The summed E-state index contributed by atoms with van der Waals surface area (Å²) in [5, 5.41) is 2.77. The standard InChI is InChI=1S/C9H8.2C2H6/c1-2-5-9-7-3-6-8(9)4-1;2*1-2/h1-2,4-7H,3H2;2*1-2H3. The Hall–Kier alpha value is -1.04. The minimum atomic E-state index is 1.11. The van der Waals surface area contributed by atoms with Gasteiger partial charge in [-0.15, -0.1) is 0 Å². The molecule has 0 N–H and O–H groups in total. The zero-order valence-electron chi connectivity index (χ0n) is 9.17. The molecule has 13 heavy (non-hydrogen) atoms. The van der Waals surface area contributed by atoms with Crippen molar-refractivity contribution in [3.63, 3.8) is 0 Å². The van der Waals surface area contributed by atoms with Crippen molar-refractivity contribution < 1.29 is 0 Å². The van der Waals surface area contributed by atoms with Crippen molar-refractivity contribution in [1.82, 2.24) is 0 Å². The molecule has 0 saturated carbocycles. The van der Waals surface area contributed by atoms with E-state index in [1.54, 1.807) is 0 Å². The molecule has 1 aromatic carbocycles. The molecule has 1 aromatic rings. The van der Waals surface area contributed by atoms with Crippen molar-refractivity contribution in [2.75, 3.05) is 0 Å². The summed E-state index contributed by atoms with van der Waals surface area (Å²) in [5.41, 5.74) is 0. The van der Waals surface area contributed by atoms with Gasteiger partial charge in [-0.1, -0.05) is 64.1 Å². The second kappa shape index (κ2) is 7.60. The fourth-order valence-corrected chi connectivity index (χ4v) is 1.20.